The fourth-order valence-corrected chi connectivity index (χ4v) is 2.66. The van der Waals surface area contributed by atoms with E-state index in [1.807, 2.05) is 54.6 Å². The molecule has 0 heterocycles. The van der Waals surface area contributed by atoms with Crippen molar-refractivity contribution in [1.82, 2.24) is 5.32 Å². The van der Waals surface area contributed by atoms with Gasteiger partial charge in [0, 0.05) is 23.7 Å². The lowest BCUT2D eigenvalue weighted by atomic mass is 10.1. The predicted octanol–water partition coefficient (Wildman–Crippen LogP) is 3.15. The molecule has 0 aromatic heterocycles. The van der Waals surface area contributed by atoms with E-state index >= 15 is 0 Å². The summed E-state index contributed by atoms with van der Waals surface area (Å²) in [7, 11) is 0. The van der Waals surface area contributed by atoms with Gasteiger partial charge in [0.2, 0.25) is 0 Å². The zero-order valence-corrected chi connectivity index (χ0v) is 14.3. The van der Waals surface area contributed by atoms with Crippen LogP contribution in [0.5, 0.6) is 5.75 Å². The molecule has 1 fully saturated rings. The summed E-state index contributed by atoms with van der Waals surface area (Å²) in [6.07, 6.45) is 2.31. The Bertz CT molecular complexity index is 659. The molecule has 3 rings (SSSR count). The first kappa shape index (κ1) is 18.3. The smallest absolute Gasteiger partial charge is 0.251 e. The number of amides is 1. The van der Waals surface area contributed by atoms with Crippen LogP contribution in [0.25, 0.3) is 0 Å². The fourth-order valence-electron chi connectivity index (χ4n) is 2.66. The second kappa shape index (κ2) is 8.71. The zero-order chi connectivity index (χ0) is 16.1. The van der Waals surface area contributed by atoms with Crippen LogP contribution >= 0.6 is 12.4 Å². The van der Waals surface area contributed by atoms with Gasteiger partial charge >= 0.3 is 0 Å². The van der Waals surface area contributed by atoms with Gasteiger partial charge in [-0.05, 0) is 37.0 Å². The van der Waals surface area contributed by atoms with E-state index in [0.29, 0.717) is 24.6 Å². The van der Waals surface area contributed by atoms with E-state index < -0.39 is 0 Å². The number of nitrogens with two attached hydrogens (primary N) is 1. The van der Waals surface area contributed by atoms with Crippen molar-refractivity contribution in [2.45, 2.75) is 25.5 Å². The maximum Gasteiger partial charge on any atom is 0.251 e. The van der Waals surface area contributed by atoms with Gasteiger partial charge in [0.05, 0.1) is 0 Å². The summed E-state index contributed by atoms with van der Waals surface area (Å²) < 4.78 is 5.77. The first-order chi connectivity index (χ1) is 11.3. The molecule has 2 aromatic carbocycles. The molecule has 128 valence electrons. The monoisotopic (exact) mass is 346 g/mol. The van der Waals surface area contributed by atoms with E-state index in [0.717, 1.165) is 24.2 Å². The number of benzene rings is 2. The first-order valence-corrected chi connectivity index (χ1v) is 8.04. The SMILES string of the molecule is Cl.NCC(NC(=O)c1ccccc1COc1ccccc1)C1CC1. The molecule has 0 spiro atoms. The molecule has 1 amide bonds. The van der Waals surface area contributed by atoms with Gasteiger partial charge < -0.3 is 15.8 Å². The maximum atomic E-state index is 12.6. The van der Waals surface area contributed by atoms with Crippen LogP contribution in [-0.2, 0) is 6.61 Å². The average Bonchev–Trinajstić information content (AvgIpc) is 3.44. The molecule has 0 saturated heterocycles. The van der Waals surface area contributed by atoms with E-state index in [1.165, 1.54) is 0 Å². The third-order valence-electron chi connectivity index (χ3n) is 4.16. The number of hydrogen-bond acceptors (Lipinski definition) is 3. The van der Waals surface area contributed by atoms with Crippen molar-refractivity contribution in [1.29, 1.82) is 0 Å². The lowest BCUT2D eigenvalue weighted by molar-refractivity contribution is 0.0931. The van der Waals surface area contributed by atoms with Gasteiger partial charge in [-0.2, -0.15) is 0 Å². The maximum absolute atomic E-state index is 12.6. The van der Waals surface area contributed by atoms with Crippen LogP contribution < -0.4 is 15.8 Å². The van der Waals surface area contributed by atoms with Crippen molar-refractivity contribution < 1.29 is 9.53 Å². The van der Waals surface area contributed by atoms with Crippen LogP contribution in [-0.4, -0.2) is 18.5 Å². The Morgan fingerprint density at radius 3 is 2.46 bits per heavy atom. The Morgan fingerprint density at radius 1 is 1.12 bits per heavy atom. The number of rotatable bonds is 7. The van der Waals surface area contributed by atoms with E-state index in [9.17, 15) is 4.79 Å². The number of para-hydroxylation sites is 1. The van der Waals surface area contributed by atoms with Gasteiger partial charge in [0.15, 0.2) is 0 Å². The minimum Gasteiger partial charge on any atom is -0.489 e. The van der Waals surface area contributed by atoms with Gasteiger partial charge in [-0.3, -0.25) is 4.79 Å². The van der Waals surface area contributed by atoms with E-state index in [1.54, 1.807) is 0 Å². The minimum atomic E-state index is -0.0698. The van der Waals surface area contributed by atoms with Crippen LogP contribution in [0.1, 0.15) is 28.8 Å². The van der Waals surface area contributed by atoms with Crippen LogP contribution in [0.2, 0.25) is 0 Å². The quantitative estimate of drug-likeness (QED) is 0.809. The number of carbonyl (C=O) groups is 1. The molecule has 0 bridgehead atoms. The van der Waals surface area contributed by atoms with Crippen LogP contribution in [0.4, 0.5) is 0 Å². The van der Waals surface area contributed by atoms with Crippen molar-refractivity contribution in [3.8, 4) is 5.75 Å². The summed E-state index contributed by atoms with van der Waals surface area (Å²) in [6, 6.07) is 17.2. The second-order valence-corrected chi connectivity index (χ2v) is 5.91. The molecule has 5 heteroatoms. The largest absolute Gasteiger partial charge is 0.489 e. The molecule has 1 unspecified atom stereocenters. The predicted molar refractivity (Wildman–Crippen MR) is 97.5 cm³/mol. The lowest BCUT2D eigenvalue weighted by Gasteiger charge is -2.17. The Balaban J connectivity index is 0.00000208. The number of carbonyl (C=O) groups excluding carboxylic acids is 1. The highest BCUT2D eigenvalue weighted by Crippen LogP contribution is 2.32. The molecule has 4 nitrogen and oxygen atoms in total. The molecule has 3 N–H and O–H groups in total. The normalized spacial score (nSPS) is 14.4. The van der Waals surface area contributed by atoms with Crippen molar-refractivity contribution in [2.75, 3.05) is 6.54 Å². The summed E-state index contributed by atoms with van der Waals surface area (Å²) >= 11 is 0. The highest BCUT2D eigenvalue weighted by atomic mass is 35.5. The summed E-state index contributed by atoms with van der Waals surface area (Å²) in [5.41, 5.74) is 7.30. The number of hydrogen-bond donors (Lipinski definition) is 2. The van der Waals surface area contributed by atoms with Crippen molar-refractivity contribution in [3.05, 3.63) is 65.7 Å². The molecular weight excluding hydrogens is 324 g/mol. The van der Waals surface area contributed by atoms with Gasteiger partial charge in [0.1, 0.15) is 12.4 Å². The third-order valence-corrected chi connectivity index (χ3v) is 4.16. The Kier molecular flexibility index (Phi) is 6.64. The zero-order valence-electron chi connectivity index (χ0n) is 13.5. The Labute approximate surface area is 148 Å². The van der Waals surface area contributed by atoms with Gasteiger partial charge in [0.25, 0.3) is 5.91 Å². The molecule has 1 atom stereocenters. The highest BCUT2D eigenvalue weighted by molar-refractivity contribution is 5.95. The fraction of sp³-hybridized carbons (Fsp3) is 0.316. The summed E-state index contributed by atoms with van der Waals surface area (Å²) in [6.45, 7) is 0.851. The molecule has 0 aliphatic heterocycles. The molecule has 24 heavy (non-hydrogen) atoms. The van der Waals surface area contributed by atoms with Gasteiger partial charge in [-0.1, -0.05) is 36.4 Å². The van der Waals surface area contributed by atoms with Crippen molar-refractivity contribution in [3.63, 3.8) is 0 Å². The summed E-state index contributed by atoms with van der Waals surface area (Å²) in [5, 5.41) is 3.06. The molecule has 0 radical (unpaired) electrons. The van der Waals surface area contributed by atoms with Crippen molar-refractivity contribution >= 4 is 18.3 Å². The molecular formula is C19H23ClN2O2. The molecule has 2 aromatic rings. The Hall–Kier alpha value is -2.04. The van der Waals surface area contributed by atoms with Crippen LogP contribution in [0.3, 0.4) is 0 Å². The summed E-state index contributed by atoms with van der Waals surface area (Å²) in [4.78, 5) is 12.6. The lowest BCUT2D eigenvalue weighted by Crippen LogP contribution is -2.42. The van der Waals surface area contributed by atoms with E-state index in [-0.39, 0.29) is 24.4 Å². The molecule has 1 aliphatic rings. The topological polar surface area (TPSA) is 64.3 Å². The summed E-state index contributed by atoms with van der Waals surface area (Å²) in [5.74, 6) is 1.26. The van der Waals surface area contributed by atoms with Gasteiger partial charge in [-0.25, -0.2) is 0 Å². The van der Waals surface area contributed by atoms with E-state index in [2.05, 4.69) is 5.32 Å². The standard InChI is InChI=1S/C19H22N2O2.ClH/c20-12-18(14-10-11-14)21-19(22)17-9-5-4-6-15(17)13-23-16-7-2-1-3-8-16;/h1-9,14,18H,10-13,20H2,(H,21,22);1H. The third kappa shape index (κ3) is 4.73. The number of halogens is 1. The van der Waals surface area contributed by atoms with Crippen molar-refractivity contribution in [2.24, 2.45) is 11.7 Å². The average molecular weight is 347 g/mol. The van der Waals surface area contributed by atoms with Gasteiger partial charge in [-0.15, -0.1) is 12.4 Å². The molecule has 1 saturated carbocycles. The number of ether oxygens (including phenoxy) is 1. The first-order valence-electron chi connectivity index (χ1n) is 8.04. The Morgan fingerprint density at radius 2 is 1.79 bits per heavy atom. The van der Waals surface area contributed by atoms with E-state index in [4.69, 9.17) is 10.5 Å². The van der Waals surface area contributed by atoms with Crippen LogP contribution in [0, 0.1) is 5.92 Å². The van der Waals surface area contributed by atoms with Crippen LogP contribution in [0.15, 0.2) is 54.6 Å². The minimum absolute atomic E-state index is 0. The highest BCUT2D eigenvalue weighted by Gasteiger charge is 2.31. The number of nitrogens with one attached hydrogen (secondary N) is 1. The second-order valence-electron chi connectivity index (χ2n) is 5.91. The molecule has 1 aliphatic carbocycles.